The maximum Gasteiger partial charge on any atom is 0.274 e. The third-order valence-corrected chi connectivity index (χ3v) is 4.22. The van der Waals surface area contributed by atoms with Gasteiger partial charge in [-0.1, -0.05) is 6.42 Å². The minimum absolute atomic E-state index is 0.221. The van der Waals surface area contributed by atoms with Gasteiger partial charge in [-0.05, 0) is 31.9 Å². The summed E-state index contributed by atoms with van der Waals surface area (Å²) in [7, 11) is 1.77. The number of hydrogen-bond acceptors (Lipinski definition) is 4. The molecule has 2 amide bonds. The highest BCUT2D eigenvalue weighted by Gasteiger charge is 2.28. The number of nitrogens with zero attached hydrogens (tertiary/aromatic N) is 2. The van der Waals surface area contributed by atoms with Crippen LogP contribution >= 0.6 is 0 Å². The number of nitrogens with one attached hydrogen (secondary N) is 1. The van der Waals surface area contributed by atoms with Gasteiger partial charge in [-0.2, -0.15) is 0 Å². The predicted molar refractivity (Wildman–Crippen MR) is 80.7 cm³/mol. The highest BCUT2D eigenvalue weighted by Crippen LogP contribution is 2.21. The van der Waals surface area contributed by atoms with Crippen molar-refractivity contribution in [3.8, 4) is 0 Å². The molecule has 6 nitrogen and oxygen atoms in total. The number of hydrogen-bond donors (Lipinski definition) is 2. The molecule has 1 saturated heterocycles. The lowest BCUT2D eigenvalue weighted by Crippen LogP contribution is -2.53. The highest BCUT2D eigenvalue weighted by atomic mass is 16.2. The van der Waals surface area contributed by atoms with Gasteiger partial charge < -0.3 is 10.3 Å². The number of imide groups is 1. The lowest BCUT2D eigenvalue weighted by Gasteiger charge is -2.39. The summed E-state index contributed by atoms with van der Waals surface area (Å²) < 4.78 is 1.69. The summed E-state index contributed by atoms with van der Waals surface area (Å²) in [6.07, 6.45) is 5.00. The maximum absolute atomic E-state index is 12.1. The van der Waals surface area contributed by atoms with Gasteiger partial charge in [0.15, 0.2) is 0 Å². The summed E-state index contributed by atoms with van der Waals surface area (Å²) in [6, 6.07) is 4.01. The van der Waals surface area contributed by atoms with Gasteiger partial charge in [0, 0.05) is 31.9 Å². The van der Waals surface area contributed by atoms with Crippen molar-refractivity contribution < 1.29 is 9.59 Å². The third-order valence-electron chi connectivity index (χ3n) is 4.22. The average Bonchev–Trinajstić information content (AvgIpc) is 2.87. The zero-order valence-corrected chi connectivity index (χ0v) is 12.7. The Bertz CT molecular complexity index is 512. The number of aryl methyl sites for hydroxylation is 1. The van der Waals surface area contributed by atoms with E-state index in [1.165, 1.54) is 0 Å². The molecule has 1 aliphatic rings. The van der Waals surface area contributed by atoms with Crippen molar-refractivity contribution >= 4 is 11.8 Å². The molecule has 2 unspecified atom stereocenters. The summed E-state index contributed by atoms with van der Waals surface area (Å²) in [5.74, 6) is -0.630. The Labute approximate surface area is 125 Å². The largest absolute Gasteiger partial charge is 0.347 e. The van der Waals surface area contributed by atoms with Gasteiger partial charge >= 0.3 is 0 Å². The zero-order chi connectivity index (χ0) is 15.4. The van der Waals surface area contributed by atoms with Crippen LogP contribution < -0.4 is 11.1 Å². The van der Waals surface area contributed by atoms with E-state index in [-0.39, 0.29) is 24.4 Å². The molecule has 1 fully saturated rings. The van der Waals surface area contributed by atoms with Crippen LogP contribution in [0.2, 0.25) is 0 Å². The lowest BCUT2D eigenvalue weighted by molar-refractivity contribution is -0.122. The Morgan fingerprint density at radius 1 is 1.43 bits per heavy atom. The molecule has 0 aliphatic carbocycles. The maximum atomic E-state index is 12.1. The average molecular weight is 292 g/mol. The van der Waals surface area contributed by atoms with Gasteiger partial charge in [0.1, 0.15) is 5.69 Å². The van der Waals surface area contributed by atoms with Crippen LogP contribution in [0.5, 0.6) is 0 Å². The van der Waals surface area contributed by atoms with Crippen LogP contribution in [0.1, 0.15) is 36.7 Å². The first-order chi connectivity index (χ1) is 10.0. The van der Waals surface area contributed by atoms with E-state index in [1.807, 2.05) is 0 Å². The number of amides is 2. The van der Waals surface area contributed by atoms with Gasteiger partial charge in [0.05, 0.1) is 6.54 Å². The highest BCUT2D eigenvalue weighted by molar-refractivity contribution is 6.04. The van der Waals surface area contributed by atoms with E-state index >= 15 is 0 Å². The second-order valence-corrected chi connectivity index (χ2v) is 5.72. The second kappa shape index (κ2) is 6.87. The summed E-state index contributed by atoms with van der Waals surface area (Å²) in [5, 5.41) is 2.45. The summed E-state index contributed by atoms with van der Waals surface area (Å²) in [5.41, 5.74) is 6.26. The van der Waals surface area contributed by atoms with Crippen molar-refractivity contribution in [2.75, 3.05) is 13.1 Å². The number of aromatic nitrogens is 1. The Morgan fingerprint density at radius 2 is 2.19 bits per heavy atom. The van der Waals surface area contributed by atoms with Crippen LogP contribution in [-0.4, -0.2) is 46.5 Å². The van der Waals surface area contributed by atoms with Crippen molar-refractivity contribution in [3.63, 3.8) is 0 Å². The molecule has 1 aromatic heterocycles. The van der Waals surface area contributed by atoms with E-state index in [4.69, 9.17) is 5.73 Å². The summed E-state index contributed by atoms with van der Waals surface area (Å²) >= 11 is 0. The van der Waals surface area contributed by atoms with Crippen molar-refractivity contribution in [3.05, 3.63) is 24.0 Å². The third kappa shape index (κ3) is 3.71. The monoisotopic (exact) mass is 292 g/mol. The Morgan fingerprint density at radius 3 is 2.81 bits per heavy atom. The van der Waals surface area contributed by atoms with Gasteiger partial charge in [-0.15, -0.1) is 0 Å². The summed E-state index contributed by atoms with van der Waals surface area (Å²) in [4.78, 5) is 26.2. The van der Waals surface area contributed by atoms with Crippen LogP contribution in [0, 0.1) is 0 Å². The number of carbonyl (C=O) groups is 2. The molecular weight excluding hydrogens is 268 g/mol. The molecule has 6 heteroatoms. The molecule has 1 aromatic rings. The second-order valence-electron chi connectivity index (χ2n) is 5.72. The van der Waals surface area contributed by atoms with Crippen LogP contribution in [0.15, 0.2) is 18.3 Å². The molecular formula is C15H24N4O2. The molecule has 21 heavy (non-hydrogen) atoms. The fraction of sp³-hybridized carbons (Fsp3) is 0.600. The minimum atomic E-state index is -0.360. The van der Waals surface area contributed by atoms with Crippen LogP contribution in [-0.2, 0) is 11.8 Å². The Kier molecular flexibility index (Phi) is 5.14. The first kappa shape index (κ1) is 15.7. The SMILES string of the molecule is CC1CCCC(CN)N1CC(=O)NC(=O)c1cccn1C. The molecule has 2 atom stereocenters. The molecule has 2 rings (SSSR count). The minimum Gasteiger partial charge on any atom is -0.347 e. The van der Waals surface area contributed by atoms with E-state index in [2.05, 4.69) is 17.1 Å². The molecule has 0 aromatic carbocycles. The molecule has 0 saturated carbocycles. The fourth-order valence-electron chi connectivity index (χ4n) is 2.97. The van der Waals surface area contributed by atoms with E-state index in [0.717, 1.165) is 19.3 Å². The number of piperidine rings is 1. The van der Waals surface area contributed by atoms with Gasteiger partial charge in [0.2, 0.25) is 5.91 Å². The number of likely N-dealkylation sites (tertiary alicyclic amines) is 1. The fourth-order valence-corrected chi connectivity index (χ4v) is 2.97. The van der Waals surface area contributed by atoms with Crippen LogP contribution in [0.4, 0.5) is 0 Å². The zero-order valence-electron chi connectivity index (χ0n) is 12.7. The molecule has 1 aliphatic heterocycles. The van der Waals surface area contributed by atoms with E-state index in [0.29, 0.717) is 18.3 Å². The lowest BCUT2D eigenvalue weighted by atomic mass is 9.96. The Balaban J connectivity index is 1.94. The molecule has 2 heterocycles. The predicted octanol–water partition coefficient (Wildman–Crippen LogP) is 0.483. The molecule has 3 N–H and O–H groups in total. The quantitative estimate of drug-likeness (QED) is 0.846. The number of nitrogens with two attached hydrogens (primary N) is 1. The van der Waals surface area contributed by atoms with Crippen molar-refractivity contribution in [1.82, 2.24) is 14.8 Å². The molecule has 116 valence electrons. The first-order valence-corrected chi connectivity index (χ1v) is 7.44. The molecule has 0 bridgehead atoms. The van der Waals surface area contributed by atoms with Crippen LogP contribution in [0.25, 0.3) is 0 Å². The van der Waals surface area contributed by atoms with E-state index < -0.39 is 0 Å². The normalized spacial score (nSPS) is 23.0. The van der Waals surface area contributed by atoms with Gasteiger partial charge in [-0.25, -0.2) is 0 Å². The number of rotatable bonds is 4. The number of carbonyl (C=O) groups excluding carboxylic acids is 2. The van der Waals surface area contributed by atoms with Crippen molar-refractivity contribution in [2.24, 2.45) is 12.8 Å². The van der Waals surface area contributed by atoms with Crippen molar-refractivity contribution in [2.45, 2.75) is 38.3 Å². The molecule has 0 spiro atoms. The smallest absolute Gasteiger partial charge is 0.274 e. The Hall–Kier alpha value is -1.66. The molecule has 0 radical (unpaired) electrons. The van der Waals surface area contributed by atoms with Gasteiger partial charge in [0.25, 0.3) is 5.91 Å². The van der Waals surface area contributed by atoms with Crippen LogP contribution in [0.3, 0.4) is 0 Å². The van der Waals surface area contributed by atoms with E-state index in [9.17, 15) is 9.59 Å². The standard InChI is InChI=1S/C15H24N4O2/c1-11-5-3-6-12(9-16)19(11)10-14(20)17-15(21)13-7-4-8-18(13)2/h4,7-8,11-12H,3,5-6,9-10,16H2,1-2H3,(H,17,20,21). The van der Waals surface area contributed by atoms with Gasteiger partial charge in [-0.3, -0.25) is 19.8 Å². The van der Waals surface area contributed by atoms with Crippen molar-refractivity contribution in [1.29, 1.82) is 0 Å². The summed E-state index contributed by atoms with van der Waals surface area (Å²) in [6.45, 7) is 2.87. The van der Waals surface area contributed by atoms with E-state index in [1.54, 1.807) is 29.9 Å². The topological polar surface area (TPSA) is 80.4 Å². The first-order valence-electron chi connectivity index (χ1n) is 7.44.